The van der Waals surface area contributed by atoms with Gasteiger partial charge in [0.05, 0.1) is 12.4 Å². The number of rotatable bonds is 7. The van der Waals surface area contributed by atoms with Crippen LogP contribution < -0.4 is 4.72 Å². The zero-order valence-electron chi connectivity index (χ0n) is 11.3. The Hall–Kier alpha value is -2.20. The third kappa shape index (κ3) is 3.47. The van der Waals surface area contributed by atoms with E-state index in [1.807, 2.05) is 6.92 Å². The van der Waals surface area contributed by atoms with Crippen molar-refractivity contribution < 1.29 is 18.3 Å². The number of carboxylic acids is 1. The zero-order valence-corrected chi connectivity index (χ0v) is 12.1. The second-order valence-electron chi connectivity index (χ2n) is 4.44. The van der Waals surface area contributed by atoms with Crippen LogP contribution in [-0.2, 0) is 16.4 Å². The van der Waals surface area contributed by atoms with E-state index in [9.17, 15) is 13.2 Å². The highest BCUT2D eigenvalue weighted by Crippen LogP contribution is 2.12. The number of aromatic nitrogens is 4. The highest BCUT2D eigenvalue weighted by Gasteiger charge is 2.24. The second-order valence-corrected chi connectivity index (χ2v) is 6.14. The van der Waals surface area contributed by atoms with Crippen LogP contribution in [0.3, 0.4) is 0 Å². The molecular weight excluding hydrogens is 298 g/mol. The predicted octanol–water partition coefficient (Wildman–Crippen LogP) is 0.0505. The molecule has 0 aliphatic heterocycles. The molecule has 0 saturated heterocycles. The van der Waals surface area contributed by atoms with E-state index in [2.05, 4.69) is 25.1 Å². The highest BCUT2D eigenvalue weighted by atomic mass is 32.2. The second kappa shape index (κ2) is 6.06. The van der Waals surface area contributed by atoms with E-state index >= 15 is 0 Å². The molecule has 4 N–H and O–H groups in total. The smallest absolute Gasteiger partial charge is 0.340 e. The Bertz CT molecular complexity index is 733. The standard InChI is InChI=1S/C11H15N5O4S/c1-7-8(5-12-15-7)3-2-4-14-21(19,20)10-9(11(17)18)6-13-16-10/h5-6,14H,2-4H2,1H3,(H,12,15)(H,13,16)(H,17,18). The topological polar surface area (TPSA) is 141 Å². The Labute approximate surface area is 120 Å². The Kier molecular flexibility index (Phi) is 4.38. The lowest BCUT2D eigenvalue weighted by Gasteiger charge is -2.05. The first kappa shape index (κ1) is 15.2. The first-order valence-corrected chi connectivity index (χ1v) is 7.65. The van der Waals surface area contributed by atoms with Crippen molar-refractivity contribution in [3.8, 4) is 0 Å². The van der Waals surface area contributed by atoms with Crippen molar-refractivity contribution in [3.05, 3.63) is 29.2 Å². The number of hydrogen-bond donors (Lipinski definition) is 4. The average molecular weight is 313 g/mol. The van der Waals surface area contributed by atoms with Crippen molar-refractivity contribution >= 4 is 16.0 Å². The van der Waals surface area contributed by atoms with Gasteiger partial charge in [0, 0.05) is 12.2 Å². The minimum Gasteiger partial charge on any atom is -0.478 e. The molecule has 0 fully saturated rings. The number of aromatic carboxylic acids is 1. The van der Waals surface area contributed by atoms with E-state index in [1.165, 1.54) is 0 Å². The molecule has 0 atom stereocenters. The molecule has 10 heteroatoms. The Balaban J connectivity index is 1.94. The van der Waals surface area contributed by atoms with Crippen LogP contribution in [0.2, 0.25) is 0 Å². The number of carbonyl (C=O) groups is 1. The minimum absolute atomic E-state index is 0.186. The van der Waals surface area contributed by atoms with Crippen molar-refractivity contribution in [2.24, 2.45) is 0 Å². The SMILES string of the molecule is Cc1[nH]ncc1CCCNS(=O)(=O)c1[nH]ncc1C(=O)O. The summed E-state index contributed by atoms with van der Waals surface area (Å²) >= 11 is 0. The van der Waals surface area contributed by atoms with Gasteiger partial charge < -0.3 is 5.11 Å². The van der Waals surface area contributed by atoms with Gasteiger partial charge in [0.2, 0.25) is 0 Å². The molecule has 0 spiro atoms. The third-order valence-corrected chi connectivity index (χ3v) is 4.39. The van der Waals surface area contributed by atoms with E-state index in [-0.39, 0.29) is 12.1 Å². The van der Waals surface area contributed by atoms with Crippen molar-refractivity contribution in [2.75, 3.05) is 6.54 Å². The van der Waals surface area contributed by atoms with Crippen molar-refractivity contribution in [1.29, 1.82) is 0 Å². The first-order chi connectivity index (χ1) is 9.92. The van der Waals surface area contributed by atoms with Gasteiger partial charge in [-0.05, 0) is 25.3 Å². The molecule has 0 aliphatic carbocycles. The van der Waals surface area contributed by atoms with Crippen LogP contribution >= 0.6 is 0 Å². The van der Waals surface area contributed by atoms with Gasteiger partial charge in [0.15, 0.2) is 5.03 Å². The van der Waals surface area contributed by atoms with Gasteiger partial charge >= 0.3 is 5.97 Å². The van der Waals surface area contributed by atoms with Crippen LogP contribution in [0.1, 0.15) is 28.0 Å². The molecular formula is C11H15N5O4S. The average Bonchev–Trinajstić information content (AvgIpc) is 3.04. The molecule has 2 heterocycles. The Morgan fingerprint density at radius 3 is 2.67 bits per heavy atom. The normalized spacial score (nSPS) is 11.7. The maximum absolute atomic E-state index is 12.0. The molecule has 0 aromatic carbocycles. The Morgan fingerprint density at radius 2 is 2.05 bits per heavy atom. The lowest BCUT2D eigenvalue weighted by Crippen LogP contribution is -2.27. The van der Waals surface area contributed by atoms with E-state index < -0.39 is 21.0 Å². The van der Waals surface area contributed by atoms with Crippen LogP contribution in [0, 0.1) is 6.92 Å². The summed E-state index contributed by atoms with van der Waals surface area (Å²) in [6, 6.07) is 0. The summed E-state index contributed by atoms with van der Waals surface area (Å²) in [5.41, 5.74) is 1.58. The van der Waals surface area contributed by atoms with E-state index in [4.69, 9.17) is 5.11 Å². The molecule has 0 amide bonds. The number of hydrogen-bond acceptors (Lipinski definition) is 5. The van der Waals surface area contributed by atoms with Gasteiger partial charge in [-0.15, -0.1) is 0 Å². The number of carboxylic acid groups (broad SMARTS) is 1. The van der Waals surface area contributed by atoms with Crippen molar-refractivity contribution in [3.63, 3.8) is 0 Å². The molecule has 2 aromatic heterocycles. The van der Waals surface area contributed by atoms with Gasteiger partial charge in [0.25, 0.3) is 10.0 Å². The molecule has 2 rings (SSSR count). The molecule has 0 bridgehead atoms. The van der Waals surface area contributed by atoms with Gasteiger partial charge in [-0.2, -0.15) is 10.2 Å². The van der Waals surface area contributed by atoms with Crippen LogP contribution in [0.25, 0.3) is 0 Å². The summed E-state index contributed by atoms with van der Waals surface area (Å²) in [4.78, 5) is 10.9. The van der Waals surface area contributed by atoms with Crippen molar-refractivity contribution in [1.82, 2.24) is 25.1 Å². The van der Waals surface area contributed by atoms with E-state index in [1.54, 1.807) is 6.20 Å². The molecule has 114 valence electrons. The lowest BCUT2D eigenvalue weighted by atomic mass is 10.1. The number of aromatic amines is 2. The van der Waals surface area contributed by atoms with E-state index in [0.29, 0.717) is 12.8 Å². The van der Waals surface area contributed by atoms with Gasteiger partial charge in [-0.25, -0.2) is 17.9 Å². The number of H-pyrrole nitrogens is 2. The van der Waals surface area contributed by atoms with E-state index in [0.717, 1.165) is 17.5 Å². The molecule has 0 aliphatic rings. The van der Waals surface area contributed by atoms with Gasteiger partial charge in [0.1, 0.15) is 5.56 Å². The monoisotopic (exact) mass is 313 g/mol. The maximum atomic E-state index is 12.0. The fourth-order valence-corrected chi connectivity index (χ4v) is 2.98. The van der Waals surface area contributed by atoms with Crippen LogP contribution in [0.5, 0.6) is 0 Å². The molecule has 0 saturated carbocycles. The summed E-state index contributed by atoms with van der Waals surface area (Å²) in [6.45, 7) is 2.07. The fraction of sp³-hybridized carbons (Fsp3) is 0.364. The number of sulfonamides is 1. The fourth-order valence-electron chi connectivity index (χ4n) is 1.82. The first-order valence-electron chi connectivity index (χ1n) is 6.17. The molecule has 2 aromatic rings. The minimum atomic E-state index is -3.92. The number of nitrogens with one attached hydrogen (secondary N) is 3. The molecule has 21 heavy (non-hydrogen) atoms. The van der Waals surface area contributed by atoms with Crippen molar-refractivity contribution in [2.45, 2.75) is 24.8 Å². The van der Waals surface area contributed by atoms with Gasteiger partial charge in [-0.3, -0.25) is 10.2 Å². The van der Waals surface area contributed by atoms with Crippen LogP contribution in [0.4, 0.5) is 0 Å². The predicted molar refractivity (Wildman–Crippen MR) is 72.4 cm³/mol. The quantitative estimate of drug-likeness (QED) is 0.532. The molecule has 0 unspecified atom stereocenters. The largest absolute Gasteiger partial charge is 0.478 e. The number of nitrogens with zero attached hydrogens (tertiary/aromatic N) is 2. The Morgan fingerprint density at radius 1 is 1.33 bits per heavy atom. The molecule has 9 nitrogen and oxygen atoms in total. The maximum Gasteiger partial charge on any atom is 0.340 e. The van der Waals surface area contributed by atoms with Gasteiger partial charge in [-0.1, -0.05) is 0 Å². The summed E-state index contributed by atoms with van der Waals surface area (Å²) in [7, 11) is -3.92. The summed E-state index contributed by atoms with van der Waals surface area (Å²) in [5, 5.41) is 20.8. The zero-order chi connectivity index (χ0) is 15.5. The summed E-state index contributed by atoms with van der Waals surface area (Å²) in [5.74, 6) is -1.35. The highest BCUT2D eigenvalue weighted by molar-refractivity contribution is 7.89. The third-order valence-electron chi connectivity index (χ3n) is 2.95. The summed E-state index contributed by atoms with van der Waals surface area (Å²) < 4.78 is 26.3. The number of aryl methyl sites for hydroxylation is 2. The molecule has 0 radical (unpaired) electrons. The van der Waals surface area contributed by atoms with Crippen LogP contribution in [-0.4, -0.2) is 46.4 Å². The summed E-state index contributed by atoms with van der Waals surface area (Å²) in [6.07, 6.45) is 3.89. The van der Waals surface area contributed by atoms with Crippen LogP contribution in [0.15, 0.2) is 17.4 Å². The lowest BCUT2D eigenvalue weighted by molar-refractivity contribution is 0.0692.